The number of fused-ring (bicyclic) bond motifs is 1. The molecule has 2 aromatic carbocycles. The number of hydrogen-bond acceptors (Lipinski definition) is 6. The van der Waals surface area contributed by atoms with Crippen molar-refractivity contribution in [3.63, 3.8) is 0 Å². The fourth-order valence-electron chi connectivity index (χ4n) is 4.20. The number of carbonyl (C=O) groups is 3. The number of nitrogens with one attached hydrogen (secondary N) is 2. The first-order valence-electron chi connectivity index (χ1n) is 12.5. The molecule has 1 aliphatic carbocycles. The van der Waals surface area contributed by atoms with Crippen molar-refractivity contribution in [3.05, 3.63) is 59.4 Å². The highest BCUT2D eigenvalue weighted by molar-refractivity contribution is 6.35. The zero-order valence-corrected chi connectivity index (χ0v) is 20.7. The van der Waals surface area contributed by atoms with Gasteiger partial charge in [-0.1, -0.05) is 24.0 Å². The summed E-state index contributed by atoms with van der Waals surface area (Å²) in [4.78, 5) is 40.1. The second-order valence-electron chi connectivity index (χ2n) is 9.82. The highest BCUT2D eigenvalue weighted by Crippen LogP contribution is 2.37. The number of rotatable bonds is 6. The van der Waals surface area contributed by atoms with E-state index in [0.717, 1.165) is 12.8 Å². The third kappa shape index (κ3) is 6.13. The Morgan fingerprint density at radius 3 is 2.68 bits per heavy atom. The van der Waals surface area contributed by atoms with Crippen LogP contribution in [-0.4, -0.2) is 67.4 Å². The van der Waals surface area contributed by atoms with Crippen LogP contribution in [-0.2, 0) is 25.5 Å². The summed E-state index contributed by atoms with van der Waals surface area (Å²) < 4.78 is 24.2. The van der Waals surface area contributed by atoms with Crippen LogP contribution >= 0.6 is 0 Å². The Hall–Kier alpha value is -3.94. The van der Waals surface area contributed by atoms with Gasteiger partial charge in [0, 0.05) is 18.7 Å². The van der Waals surface area contributed by atoms with Gasteiger partial charge >= 0.3 is 11.8 Å². The van der Waals surface area contributed by atoms with Crippen LogP contribution in [0.5, 0.6) is 5.75 Å². The molecule has 3 N–H and O–H groups in total. The highest BCUT2D eigenvalue weighted by atomic mass is 19.1. The molecule has 10 heteroatoms. The van der Waals surface area contributed by atoms with E-state index in [9.17, 15) is 23.9 Å². The molecule has 0 spiro atoms. The zero-order chi connectivity index (χ0) is 26.7. The molecule has 2 fully saturated rings. The van der Waals surface area contributed by atoms with Crippen LogP contribution in [0.25, 0.3) is 0 Å². The molecule has 198 valence electrons. The number of nitrogens with zero attached hydrogens (tertiary/aromatic N) is 1. The van der Waals surface area contributed by atoms with E-state index in [1.54, 1.807) is 35.2 Å². The molecule has 0 radical (unpaired) electrons. The number of halogens is 1. The minimum Gasteiger partial charge on any atom is -0.489 e. The Morgan fingerprint density at radius 1 is 1.16 bits per heavy atom. The van der Waals surface area contributed by atoms with Crippen molar-refractivity contribution >= 4 is 23.4 Å². The maximum atomic E-state index is 13.5. The minimum atomic E-state index is -1.17. The standard InChI is InChI=1S/C28H28FN3O6/c29-21-3-1-2-18(12-21)9-11-30-25(33)26(34)31-22-15-38-24-7-6-19(8-10-28(36)16-37-17-28)13-23(24)32(27(22)35)14-20-4-5-20/h1-3,6-7,12-13,20,22,36H,4-5,9,11,14-17H2,(H,30,33)(H,31,34)/t22-/m0/s1. The molecule has 1 saturated carbocycles. The Morgan fingerprint density at radius 2 is 1.97 bits per heavy atom. The maximum absolute atomic E-state index is 13.5. The molecule has 1 saturated heterocycles. The maximum Gasteiger partial charge on any atom is 0.310 e. The van der Waals surface area contributed by atoms with E-state index in [1.165, 1.54) is 12.1 Å². The van der Waals surface area contributed by atoms with E-state index in [2.05, 4.69) is 22.5 Å². The predicted octanol–water partition coefficient (Wildman–Crippen LogP) is 0.918. The Bertz CT molecular complexity index is 1310. The number of aliphatic hydroxyl groups is 1. The molecule has 1 atom stereocenters. The van der Waals surface area contributed by atoms with E-state index >= 15 is 0 Å². The lowest BCUT2D eigenvalue weighted by Gasteiger charge is -2.31. The van der Waals surface area contributed by atoms with Gasteiger partial charge in [0.2, 0.25) is 0 Å². The molecule has 2 heterocycles. The molecule has 38 heavy (non-hydrogen) atoms. The summed E-state index contributed by atoms with van der Waals surface area (Å²) in [6.07, 6.45) is 2.34. The van der Waals surface area contributed by atoms with E-state index in [4.69, 9.17) is 9.47 Å². The number of benzene rings is 2. The molecule has 9 nitrogen and oxygen atoms in total. The summed E-state index contributed by atoms with van der Waals surface area (Å²) in [6.45, 7) is 0.753. The summed E-state index contributed by atoms with van der Waals surface area (Å²) in [5, 5.41) is 15.2. The molecule has 0 bridgehead atoms. The van der Waals surface area contributed by atoms with Crippen LogP contribution in [0.3, 0.4) is 0 Å². The lowest BCUT2D eigenvalue weighted by Crippen LogP contribution is -2.54. The van der Waals surface area contributed by atoms with Gasteiger partial charge in [0.25, 0.3) is 5.91 Å². The van der Waals surface area contributed by atoms with Crippen molar-refractivity contribution in [1.82, 2.24) is 10.6 Å². The SMILES string of the molecule is O=C(NCCc1cccc(F)c1)C(=O)N[C@H]1COc2ccc(C#CC3(O)COC3)cc2N(CC2CC2)C1=O. The quantitative estimate of drug-likeness (QED) is 0.385. The van der Waals surface area contributed by atoms with E-state index in [1.807, 2.05) is 0 Å². The first-order valence-corrected chi connectivity index (χ1v) is 12.5. The molecule has 5 rings (SSSR count). The number of ether oxygens (including phenoxy) is 2. The summed E-state index contributed by atoms with van der Waals surface area (Å²) in [7, 11) is 0. The van der Waals surface area contributed by atoms with Gasteiger partial charge in [-0.3, -0.25) is 14.4 Å². The van der Waals surface area contributed by atoms with E-state index in [0.29, 0.717) is 41.4 Å². The normalized spacial score (nSPS) is 19.6. The molecular formula is C28H28FN3O6. The molecule has 2 aliphatic heterocycles. The predicted molar refractivity (Wildman–Crippen MR) is 135 cm³/mol. The van der Waals surface area contributed by atoms with Crippen molar-refractivity contribution in [2.24, 2.45) is 5.92 Å². The van der Waals surface area contributed by atoms with Crippen molar-refractivity contribution < 1.29 is 33.4 Å². The van der Waals surface area contributed by atoms with Crippen molar-refractivity contribution in [2.75, 3.05) is 37.8 Å². The van der Waals surface area contributed by atoms with Gasteiger partial charge in [-0.05, 0) is 61.1 Å². The van der Waals surface area contributed by atoms with Gasteiger partial charge in [0.1, 0.15) is 24.2 Å². The van der Waals surface area contributed by atoms with Crippen LogP contribution in [0.15, 0.2) is 42.5 Å². The molecule has 0 unspecified atom stereocenters. The summed E-state index contributed by atoms with van der Waals surface area (Å²) in [5.74, 6) is 3.95. The van der Waals surface area contributed by atoms with Gasteiger partial charge in [0.15, 0.2) is 5.60 Å². The molecule has 3 amide bonds. The van der Waals surface area contributed by atoms with Gasteiger partial charge in [-0.2, -0.15) is 0 Å². The third-order valence-corrected chi connectivity index (χ3v) is 6.58. The summed E-state index contributed by atoms with van der Waals surface area (Å²) >= 11 is 0. The monoisotopic (exact) mass is 521 g/mol. The number of amides is 3. The smallest absolute Gasteiger partial charge is 0.310 e. The van der Waals surface area contributed by atoms with E-state index < -0.39 is 23.5 Å². The number of anilines is 1. The third-order valence-electron chi connectivity index (χ3n) is 6.58. The zero-order valence-electron chi connectivity index (χ0n) is 20.7. The largest absolute Gasteiger partial charge is 0.489 e. The minimum absolute atomic E-state index is 0.134. The van der Waals surface area contributed by atoms with Gasteiger partial charge in [-0.25, -0.2) is 4.39 Å². The van der Waals surface area contributed by atoms with Gasteiger partial charge in [-0.15, -0.1) is 0 Å². The summed E-state index contributed by atoms with van der Waals surface area (Å²) in [5.41, 5.74) is 0.647. The lowest BCUT2D eigenvalue weighted by molar-refractivity contribution is -0.140. The van der Waals surface area contributed by atoms with Crippen molar-refractivity contribution in [3.8, 4) is 17.6 Å². The number of hydrogen-bond donors (Lipinski definition) is 3. The first-order chi connectivity index (χ1) is 18.3. The van der Waals surface area contributed by atoms with Crippen LogP contribution in [0.1, 0.15) is 24.0 Å². The van der Waals surface area contributed by atoms with Crippen LogP contribution in [0, 0.1) is 23.6 Å². The fourth-order valence-corrected chi connectivity index (χ4v) is 4.20. The molecule has 2 aromatic rings. The summed E-state index contributed by atoms with van der Waals surface area (Å²) in [6, 6.07) is 10.1. The van der Waals surface area contributed by atoms with Crippen LogP contribution in [0.4, 0.5) is 10.1 Å². The van der Waals surface area contributed by atoms with Gasteiger partial charge < -0.3 is 30.1 Å². The molecular weight excluding hydrogens is 493 g/mol. The topological polar surface area (TPSA) is 117 Å². The average molecular weight is 522 g/mol. The Kier molecular flexibility index (Phi) is 7.31. The van der Waals surface area contributed by atoms with Crippen molar-refractivity contribution in [1.29, 1.82) is 0 Å². The Labute approximate surface area is 219 Å². The molecule has 0 aromatic heterocycles. The first kappa shape index (κ1) is 25.7. The van der Waals surface area contributed by atoms with Crippen molar-refractivity contribution in [2.45, 2.75) is 30.9 Å². The second-order valence-corrected chi connectivity index (χ2v) is 9.82. The van der Waals surface area contributed by atoms with Gasteiger partial charge in [0.05, 0.1) is 18.9 Å². The fraction of sp³-hybridized carbons (Fsp3) is 0.393. The van der Waals surface area contributed by atoms with Crippen LogP contribution in [0.2, 0.25) is 0 Å². The number of carbonyl (C=O) groups excluding carboxylic acids is 3. The van der Waals surface area contributed by atoms with Crippen LogP contribution < -0.4 is 20.3 Å². The second kappa shape index (κ2) is 10.8. The highest BCUT2D eigenvalue weighted by Gasteiger charge is 2.37. The van der Waals surface area contributed by atoms with E-state index in [-0.39, 0.29) is 38.1 Å². The molecule has 3 aliphatic rings. The Balaban J connectivity index is 1.25. The average Bonchev–Trinajstić information content (AvgIpc) is 3.72. The lowest BCUT2D eigenvalue weighted by atomic mass is 10.0.